The Morgan fingerprint density at radius 2 is 1.92 bits per heavy atom. The lowest BCUT2D eigenvalue weighted by molar-refractivity contribution is 0.480. The van der Waals surface area contributed by atoms with Crippen LogP contribution in [-0.2, 0) is 6.42 Å². The van der Waals surface area contributed by atoms with E-state index in [1.54, 1.807) is 0 Å². The maximum atomic E-state index is 10.3. The van der Waals surface area contributed by atoms with Gasteiger partial charge in [0.25, 0.3) is 0 Å². The number of aromatic hydroxyl groups is 1. The summed E-state index contributed by atoms with van der Waals surface area (Å²) in [5.41, 5.74) is 8.65. The van der Waals surface area contributed by atoms with Crippen molar-refractivity contribution in [3.63, 3.8) is 0 Å². The smallest absolute Gasteiger partial charge is 0.148 e. The molecule has 0 radical (unpaired) electrons. The van der Waals surface area contributed by atoms with Crippen LogP contribution in [0.5, 0.6) is 5.75 Å². The van der Waals surface area contributed by atoms with E-state index in [1.807, 2.05) is 61.5 Å². The van der Waals surface area contributed by atoms with E-state index in [1.165, 1.54) is 6.08 Å². The minimum Gasteiger partial charge on any atom is -0.505 e. The molecule has 0 spiro atoms. The van der Waals surface area contributed by atoms with Crippen molar-refractivity contribution in [2.75, 3.05) is 0 Å². The number of para-hydroxylation sites is 1. The fourth-order valence-corrected chi connectivity index (χ4v) is 2.87. The number of nitrogens with zero attached hydrogens (tertiary/aromatic N) is 2. The van der Waals surface area contributed by atoms with Gasteiger partial charge in [0.2, 0.25) is 0 Å². The second kappa shape index (κ2) is 7.58. The van der Waals surface area contributed by atoms with E-state index < -0.39 is 0 Å². The summed E-state index contributed by atoms with van der Waals surface area (Å²) in [6.45, 7) is 1.95. The molecule has 2 aromatic carbocycles. The predicted molar refractivity (Wildman–Crippen MR) is 105 cm³/mol. The molecule has 0 bridgehead atoms. The molecule has 130 valence electrons. The molecular weight excluding hydrogens is 324 g/mol. The van der Waals surface area contributed by atoms with E-state index >= 15 is 0 Å². The van der Waals surface area contributed by atoms with Crippen LogP contribution in [0.25, 0.3) is 17.0 Å². The standard InChI is InChI=1S/C21H20N4O/c1-14(11-15-7-3-2-4-8-15)24-21(23)16(13-22)12-19-20(26)17-9-5-6-10-18(17)25-19/h2-10,12,14,25-26H,11H2,1H3,(H2,23,24). The highest BCUT2D eigenvalue weighted by atomic mass is 16.3. The summed E-state index contributed by atoms with van der Waals surface area (Å²) in [7, 11) is 0. The normalized spacial score (nSPS) is 13.5. The SMILES string of the molecule is CC(Cc1ccccc1)N=C(N)C(C#N)=Cc1[nH]c2ccccc2c1O. The molecule has 0 aliphatic heterocycles. The molecule has 4 N–H and O–H groups in total. The Bertz CT molecular complexity index is 1010. The van der Waals surface area contributed by atoms with Crippen molar-refractivity contribution >= 4 is 22.8 Å². The van der Waals surface area contributed by atoms with Gasteiger partial charge in [-0.3, -0.25) is 4.99 Å². The third-order valence-corrected chi connectivity index (χ3v) is 4.13. The molecule has 0 fully saturated rings. The number of amidine groups is 1. The molecule has 0 saturated carbocycles. The second-order valence-electron chi connectivity index (χ2n) is 6.16. The zero-order valence-electron chi connectivity index (χ0n) is 14.5. The van der Waals surface area contributed by atoms with E-state index in [0.29, 0.717) is 11.1 Å². The summed E-state index contributed by atoms with van der Waals surface area (Å²) in [6, 6.07) is 19.4. The molecule has 1 atom stereocenters. The van der Waals surface area contributed by atoms with Crippen LogP contribution < -0.4 is 5.73 Å². The molecule has 5 nitrogen and oxygen atoms in total. The van der Waals surface area contributed by atoms with Crippen molar-refractivity contribution in [3.8, 4) is 11.8 Å². The maximum absolute atomic E-state index is 10.3. The minimum absolute atomic E-state index is 0.0644. The number of hydrogen-bond acceptors (Lipinski definition) is 3. The first kappa shape index (κ1) is 17.3. The zero-order chi connectivity index (χ0) is 18.5. The fourth-order valence-electron chi connectivity index (χ4n) is 2.87. The summed E-state index contributed by atoms with van der Waals surface area (Å²) in [5, 5.41) is 20.5. The van der Waals surface area contributed by atoms with E-state index in [2.05, 4.69) is 16.0 Å². The summed E-state index contributed by atoms with van der Waals surface area (Å²) in [5.74, 6) is 0.257. The number of rotatable bonds is 5. The van der Waals surface area contributed by atoms with Gasteiger partial charge in [-0.2, -0.15) is 5.26 Å². The predicted octanol–water partition coefficient (Wildman–Crippen LogP) is 3.77. The van der Waals surface area contributed by atoms with Gasteiger partial charge in [-0.25, -0.2) is 0 Å². The molecule has 3 aromatic rings. The monoisotopic (exact) mass is 344 g/mol. The molecule has 26 heavy (non-hydrogen) atoms. The average Bonchev–Trinajstić information content (AvgIpc) is 2.96. The quantitative estimate of drug-likeness (QED) is 0.373. The number of aromatic nitrogens is 1. The van der Waals surface area contributed by atoms with Gasteiger partial charge in [-0.05, 0) is 37.1 Å². The van der Waals surface area contributed by atoms with Crippen LogP contribution in [0.4, 0.5) is 0 Å². The lowest BCUT2D eigenvalue weighted by Crippen LogP contribution is -2.18. The summed E-state index contributed by atoms with van der Waals surface area (Å²) in [6.07, 6.45) is 2.27. The van der Waals surface area contributed by atoms with Crippen molar-refractivity contribution in [3.05, 3.63) is 71.4 Å². The topological polar surface area (TPSA) is 98.2 Å². The number of H-pyrrole nitrogens is 1. The number of fused-ring (bicyclic) bond motifs is 1. The molecular formula is C21H20N4O. The van der Waals surface area contributed by atoms with Crippen molar-refractivity contribution in [1.82, 2.24) is 4.98 Å². The lowest BCUT2D eigenvalue weighted by Gasteiger charge is -2.08. The number of hydrogen-bond donors (Lipinski definition) is 3. The van der Waals surface area contributed by atoms with Gasteiger partial charge in [-0.1, -0.05) is 42.5 Å². The number of aliphatic imine (C=N–C) groups is 1. The van der Waals surface area contributed by atoms with Gasteiger partial charge in [0, 0.05) is 10.9 Å². The van der Waals surface area contributed by atoms with E-state index in [4.69, 9.17) is 5.73 Å². The minimum atomic E-state index is -0.0644. The van der Waals surface area contributed by atoms with E-state index in [9.17, 15) is 10.4 Å². The molecule has 0 amide bonds. The summed E-state index contributed by atoms with van der Waals surface area (Å²) < 4.78 is 0. The van der Waals surface area contributed by atoms with Crippen LogP contribution in [-0.4, -0.2) is 22.0 Å². The van der Waals surface area contributed by atoms with Gasteiger partial charge in [0.1, 0.15) is 17.7 Å². The number of benzene rings is 2. The number of nitriles is 1. The van der Waals surface area contributed by atoms with Crippen molar-refractivity contribution < 1.29 is 5.11 Å². The Balaban J connectivity index is 1.85. The second-order valence-corrected chi connectivity index (χ2v) is 6.16. The maximum Gasteiger partial charge on any atom is 0.148 e. The molecule has 0 aliphatic rings. The van der Waals surface area contributed by atoms with Crippen LogP contribution in [0.3, 0.4) is 0 Å². The average molecular weight is 344 g/mol. The molecule has 0 saturated heterocycles. The van der Waals surface area contributed by atoms with Gasteiger partial charge in [0.15, 0.2) is 0 Å². The summed E-state index contributed by atoms with van der Waals surface area (Å²) >= 11 is 0. The van der Waals surface area contributed by atoms with Crippen molar-refractivity contribution in [1.29, 1.82) is 5.26 Å². The molecule has 3 rings (SSSR count). The Hall–Kier alpha value is -3.52. The third kappa shape index (κ3) is 3.76. The Labute approximate surface area is 152 Å². The van der Waals surface area contributed by atoms with Crippen LogP contribution in [0.1, 0.15) is 18.2 Å². The lowest BCUT2D eigenvalue weighted by atomic mass is 10.1. The van der Waals surface area contributed by atoms with Gasteiger partial charge < -0.3 is 15.8 Å². The molecule has 1 unspecified atom stereocenters. The van der Waals surface area contributed by atoms with E-state index in [0.717, 1.165) is 17.5 Å². The first-order chi connectivity index (χ1) is 12.6. The van der Waals surface area contributed by atoms with Crippen LogP contribution in [0.2, 0.25) is 0 Å². The number of nitrogens with two attached hydrogens (primary N) is 1. The number of nitrogens with one attached hydrogen (secondary N) is 1. The molecule has 1 heterocycles. The van der Waals surface area contributed by atoms with Gasteiger partial charge >= 0.3 is 0 Å². The highest BCUT2D eigenvalue weighted by Crippen LogP contribution is 2.30. The largest absolute Gasteiger partial charge is 0.505 e. The Kier molecular flexibility index (Phi) is 5.04. The van der Waals surface area contributed by atoms with Crippen LogP contribution in [0.15, 0.2) is 65.2 Å². The van der Waals surface area contributed by atoms with Crippen molar-refractivity contribution in [2.45, 2.75) is 19.4 Å². The fraction of sp³-hybridized carbons (Fsp3) is 0.143. The highest BCUT2D eigenvalue weighted by Gasteiger charge is 2.11. The third-order valence-electron chi connectivity index (χ3n) is 4.13. The number of aromatic amines is 1. The Morgan fingerprint density at radius 1 is 1.23 bits per heavy atom. The first-order valence-corrected chi connectivity index (χ1v) is 8.37. The first-order valence-electron chi connectivity index (χ1n) is 8.37. The van der Waals surface area contributed by atoms with E-state index in [-0.39, 0.29) is 23.2 Å². The highest BCUT2D eigenvalue weighted by molar-refractivity contribution is 6.05. The Morgan fingerprint density at radius 3 is 2.62 bits per heavy atom. The summed E-state index contributed by atoms with van der Waals surface area (Å²) in [4.78, 5) is 7.52. The van der Waals surface area contributed by atoms with Gasteiger partial charge in [0.05, 0.1) is 17.3 Å². The molecule has 5 heteroatoms. The van der Waals surface area contributed by atoms with Crippen LogP contribution in [0, 0.1) is 11.3 Å². The van der Waals surface area contributed by atoms with Gasteiger partial charge in [-0.15, -0.1) is 0 Å². The molecule has 0 aliphatic carbocycles. The van der Waals surface area contributed by atoms with Crippen molar-refractivity contribution in [2.24, 2.45) is 10.7 Å². The zero-order valence-corrected chi connectivity index (χ0v) is 14.5. The van der Waals surface area contributed by atoms with Crippen LogP contribution >= 0.6 is 0 Å². The molecule has 1 aromatic heterocycles.